The van der Waals surface area contributed by atoms with E-state index in [2.05, 4.69) is 56.2 Å². The molecular weight excluding hydrogens is 778 g/mol. The number of hydrogen-bond donors (Lipinski definition) is 3. The van der Waals surface area contributed by atoms with E-state index >= 15 is 0 Å². The highest BCUT2D eigenvalue weighted by Gasteiger charge is 2.22. The number of anilines is 2. The van der Waals surface area contributed by atoms with Crippen molar-refractivity contribution in [2.75, 3.05) is 62.3 Å². The first-order valence-electron chi connectivity index (χ1n) is 18.9. The number of thioether (sulfide) groups is 1. The molecule has 1 heterocycles. The van der Waals surface area contributed by atoms with Crippen LogP contribution < -0.4 is 14.9 Å². The fourth-order valence-corrected chi connectivity index (χ4v) is 9.00. The highest BCUT2D eigenvalue weighted by Crippen LogP contribution is 2.28. The zero-order chi connectivity index (χ0) is 40.4. The van der Waals surface area contributed by atoms with Gasteiger partial charge in [0.25, 0.3) is 15.9 Å². The number of piperazine rings is 1. The largest absolute Gasteiger partial charge is 0.480 e. The molecule has 0 saturated carbocycles. The van der Waals surface area contributed by atoms with Crippen molar-refractivity contribution in [3.8, 4) is 11.1 Å². The van der Waals surface area contributed by atoms with Crippen LogP contribution in [0.5, 0.6) is 0 Å². The van der Waals surface area contributed by atoms with Gasteiger partial charge >= 0.3 is 5.97 Å². The lowest BCUT2D eigenvalue weighted by Crippen LogP contribution is -2.46. The molecule has 0 aromatic heterocycles. The number of amides is 1. The summed E-state index contributed by atoms with van der Waals surface area (Å²) in [5.74, 6) is -0.864. The summed E-state index contributed by atoms with van der Waals surface area (Å²) in [5, 5.41) is 13.4. The summed E-state index contributed by atoms with van der Waals surface area (Å²) in [7, 11) is -2.38. The molecule has 1 aliphatic heterocycles. The highest BCUT2D eigenvalue weighted by molar-refractivity contribution is 7.99. The zero-order valence-corrected chi connectivity index (χ0v) is 34.5. The van der Waals surface area contributed by atoms with Crippen LogP contribution >= 0.6 is 23.4 Å². The number of carbonyl (C=O) groups excluding carboxylic acids is 1. The Labute approximate surface area is 344 Å². The Morgan fingerprint density at radius 2 is 1.56 bits per heavy atom. The van der Waals surface area contributed by atoms with Crippen molar-refractivity contribution in [1.29, 1.82) is 0 Å². The fraction of sp³-hybridized carbons (Fsp3) is 0.273. The van der Waals surface area contributed by atoms with Crippen LogP contribution in [0.15, 0.2) is 131 Å². The fourth-order valence-electron chi connectivity index (χ4n) is 6.82. The first kappa shape index (κ1) is 41.8. The van der Waals surface area contributed by atoms with Gasteiger partial charge in [-0.1, -0.05) is 66.2 Å². The Balaban J connectivity index is 1.03. The van der Waals surface area contributed by atoms with Gasteiger partial charge in [-0.2, -0.15) is 0 Å². The van der Waals surface area contributed by atoms with Crippen LogP contribution in [0.2, 0.25) is 5.02 Å². The maximum atomic E-state index is 13.4. The Morgan fingerprint density at radius 3 is 2.25 bits per heavy atom. The van der Waals surface area contributed by atoms with E-state index < -0.39 is 21.9 Å². The van der Waals surface area contributed by atoms with Crippen molar-refractivity contribution in [2.45, 2.75) is 35.7 Å². The van der Waals surface area contributed by atoms with Crippen molar-refractivity contribution >= 4 is 56.6 Å². The minimum absolute atomic E-state index is 0.0133. The number of carbonyl (C=O) groups is 2. The summed E-state index contributed by atoms with van der Waals surface area (Å²) >= 11 is 7.81. The van der Waals surface area contributed by atoms with Crippen molar-refractivity contribution in [3.05, 3.63) is 143 Å². The summed E-state index contributed by atoms with van der Waals surface area (Å²) in [6, 6.07) is 38.2. The molecule has 57 heavy (non-hydrogen) atoms. The van der Waals surface area contributed by atoms with Gasteiger partial charge in [-0.25, -0.2) is 13.1 Å². The predicted octanol–water partition coefficient (Wildman–Crippen LogP) is 7.74. The van der Waals surface area contributed by atoms with Gasteiger partial charge in [0.05, 0.1) is 11.4 Å². The molecule has 13 heteroatoms. The van der Waals surface area contributed by atoms with Crippen LogP contribution in [0, 0.1) is 6.92 Å². The molecule has 298 valence electrons. The number of carboxylic acid groups (broad SMARTS) is 1. The summed E-state index contributed by atoms with van der Waals surface area (Å²) < 4.78 is 29.0. The quantitative estimate of drug-likeness (QED) is 0.0804. The van der Waals surface area contributed by atoms with E-state index in [-0.39, 0.29) is 23.0 Å². The predicted molar refractivity (Wildman–Crippen MR) is 231 cm³/mol. The van der Waals surface area contributed by atoms with Crippen LogP contribution in [0.3, 0.4) is 0 Å². The lowest BCUT2D eigenvalue weighted by atomic mass is 9.99. The molecule has 10 nitrogen and oxygen atoms in total. The number of halogens is 1. The van der Waals surface area contributed by atoms with Gasteiger partial charge in [-0.15, -0.1) is 11.8 Å². The normalized spacial score (nSPS) is 14.0. The van der Waals surface area contributed by atoms with Crippen LogP contribution in [-0.4, -0.2) is 93.3 Å². The number of nitrogens with one attached hydrogen (secondary N) is 2. The van der Waals surface area contributed by atoms with E-state index in [0.717, 1.165) is 60.3 Å². The first-order chi connectivity index (χ1) is 27.4. The third-order valence-corrected chi connectivity index (χ3v) is 12.7. The second-order valence-corrected chi connectivity index (χ2v) is 17.5. The van der Waals surface area contributed by atoms with Gasteiger partial charge in [-0.3, -0.25) is 19.4 Å². The lowest BCUT2D eigenvalue weighted by molar-refractivity contribution is -0.138. The number of benzene rings is 5. The second kappa shape index (κ2) is 19.5. The molecule has 3 N–H and O–H groups in total. The number of sulfonamides is 1. The summed E-state index contributed by atoms with van der Waals surface area (Å²) in [5.41, 5.74) is 6.30. The average molecular weight is 826 g/mol. The summed E-state index contributed by atoms with van der Waals surface area (Å²) in [4.78, 5) is 32.0. The average Bonchev–Trinajstić information content (AvgIpc) is 3.20. The van der Waals surface area contributed by atoms with Crippen LogP contribution in [0.25, 0.3) is 11.1 Å². The van der Waals surface area contributed by atoms with Crippen LogP contribution in [-0.2, 0) is 21.4 Å². The third-order valence-electron chi connectivity index (χ3n) is 9.99. The van der Waals surface area contributed by atoms with E-state index in [9.17, 15) is 23.1 Å². The van der Waals surface area contributed by atoms with E-state index in [4.69, 9.17) is 11.6 Å². The monoisotopic (exact) mass is 825 g/mol. The Bertz CT molecular complexity index is 2230. The third kappa shape index (κ3) is 11.8. The Hall–Kier alpha value is -4.85. The van der Waals surface area contributed by atoms with Gasteiger partial charge < -0.3 is 15.3 Å². The SMILES string of the molecule is Cc1cc(S(=O)(=O)NC(=O)c2ccc(N3CCN(Cc4ccccc4-c4ccc(Cl)cc4)CC3)cc2)ccc1N[C@H](CCN(C)CC(=O)O)CSc1ccccc1. The number of nitrogens with zero attached hydrogens (tertiary/aromatic N) is 3. The molecule has 5 aromatic carbocycles. The Morgan fingerprint density at radius 1 is 0.877 bits per heavy atom. The molecule has 0 bridgehead atoms. The van der Waals surface area contributed by atoms with Gasteiger partial charge in [0.15, 0.2) is 0 Å². The molecule has 0 spiro atoms. The van der Waals surface area contributed by atoms with Crippen LogP contribution in [0.1, 0.15) is 27.9 Å². The van der Waals surface area contributed by atoms with Crippen molar-refractivity contribution in [2.24, 2.45) is 0 Å². The minimum atomic E-state index is -4.16. The molecule has 1 amide bonds. The summed E-state index contributed by atoms with van der Waals surface area (Å²) in [6.07, 6.45) is 0.676. The molecule has 5 aromatic rings. The second-order valence-electron chi connectivity index (χ2n) is 14.3. The molecule has 1 aliphatic rings. The molecule has 1 saturated heterocycles. The number of aliphatic carboxylic acids is 1. The molecule has 0 radical (unpaired) electrons. The Kier molecular flexibility index (Phi) is 14.3. The topological polar surface area (TPSA) is 122 Å². The molecule has 0 aliphatic carbocycles. The van der Waals surface area contributed by atoms with Crippen molar-refractivity contribution < 1.29 is 23.1 Å². The van der Waals surface area contributed by atoms with Gasteiger partial charge in [-0.05, 0) is 109 Å². The van der Waals surface area contributed by atoms with Gasteiger partial charge in [0, 0.05) is 77.9 Å². The van der Waals surface area contributed by atoms with Crippen LogP contribution in [0.4, 0.5) is 11.4 Å². The standard InChI is InChI=1S/C44H48ClN5O5S2/c1-32-28-40(20-21-42(32)46-37(22-23-48(2)30-43(51)52)31-56-39-9-4-3-5-10-39)57(54,55)47-44(53)34-14-18-38(19-15-34)50-26-24-49(25-27-50)29-35-8-6-7-11-41(35)33-12-16-36(45)17-13-33/h3-21,28,37,46H,22-27,29-31H2,1-2H3,(H,47,53)(H,51,52)/t37-/m1/s1. The number of carboxylic acids is 1. The maximum absolute atomic E-state index is 13.4. The van der Waals surface area contributed by atoms with Gasteiger partial charge in [0.2, 0.25) is 0 Å². The molecule has 1 atom stereocenters. The van der Waals surface area contributed by atoms with E-state index in [1.807, 2.05) is 61.5 Å². The van der Waals surface area contributed by atoms with Crippen molar-refractivity contribution in [3.63, 3.8) is 0 Å². The maximum Gasteiger partial charge on any atom is 0.317 e. The first-order valence-corrected chi connectivity index (χ1v) is 21.7. The summed E-state index contributed by atoms with van der Waals surface area (Å²) in [6.45, 7) is 6.56. The molecule has 1 fully saturated rings. The molecular formula is C44H48ClN5O5S2. The minimum Gasteiger partial charge on any atom is -0.480 e. The van der Waals surface area contributed by atoms with Crippen molar-refractivity contribution in [1.82, 2.24) is 14.5 Å². The number of rotatable bonds is 17. The van der Waals surface area contributed by atoms with E-state index in [1.54, 1.807) is 48.0 Å². The lowest BCUT2D eigenvalue weighted by Gasteiger charge is -2.36. The van der Waals surface area contributed by atoms with Gasteiger partial charge in [0.1, 0.15) is 0 Å². The molecule has 0 unspecified atom stereocenters. The number of hydrogen-bond acceptors (Lipinski definition) is 9. The number of aryl methyl sites for hydroxylation is 1. The zero-order valence-electron chi connectivity index (χ0n) is 32.1. The van der Waals surface area contributed by atoms with E-state index in [1.165, 1.54) is 17.2 Å². The smallest absolute Gasteiger partial charge is 0.317 e. The number of likely N-dealkylation sites (N-methyl/N-ethyl adjacent to an activating group) is 1. The highest BCUT2D eigenvalue weighted by atomic mass is 35.5. The molecule has 6 rings (SSSR count). The van der Waals surface area contributed by atoms with E-state index in [0.29, 0.717) is 23.6 Å².